The molecule has 22 heavy (non-hydrogen) atoms. The van der Waals surface area contributed by atoms with E-state index in [1.807, 2.05) is 0 Å². The molecule has 0 bridgehead atoms. The molecule has 0 saturated carbocycles. The van der Waals surface area contributed by atoms with E-state index in [0.29, 0.717) is 30.2 Å². The lowest BCUT2D eigenvalue weighted by Gasteiger charge is -2.25. The first kappa shape index (κ1) is 16.3. The molecule has 0 spiro atoms. The molecule has 1 heterocycles. The Hall–Kier alpha value is -2.08. The van der Waals surface area contributed by atoms with Crippen LogP contribution in [0.2, 0.25) is 0 Å². The predicted molar refractivity (Wildman–Crippen MR) is 82.8 cm³/mol. The zero-order valence-electron chi connectivity index (χ0n) is 12.7. The van der Waals surface area contributed by atoms with Gasteiger partial charge in [-0.1, -0.05) is 0 Å². The summed E-state index contributed by atoms with van der Waals surface area (Å²) in [6.45, 7) is 2.23. The summed E-state index contributed by atoms with van der Waals surface area (Å²) in [7, 11) is 1.58. The third kappa shape index (κ3) is 4.73. The van der Waals surface area contributed by atoms with Crippen LogP contribution in [0.3, 0.4) is 0 Å². The Kier molecular flexibility index (Phi) is 6.21. The monoisotopic (exact) mass is 306 g/mol. The second-order valence-electron chi connectivity index (χ2n) is 5.37. The molecular formula is C16H22N2O4. The van der Waals surface area contributed by atoms with Crippen molar-refractivity contribution in [3.8, 4) is 5.75 Å². The zero-order valence-corrected chi connectivity index (χ0v) is 12.7. The van der Waals surface area contributed by atoms with Gasteiger partial charge < -0.3 is 20.1 Å². The van der Waals surface area contributed by atoms with Crippen molar-refractivity contribution < 1.29 is 19.1 Å². The number of methoxy groups -OCH3 is 1. The number of rotatable bonds is 7. The van der Waals surface area contributed by atoms with Crippen LogP contribution in [0.1, 0.15) is 19.3 Å². The molecule has 1 aromatic rings. The predicted octanol–water partition coefficient (Wildman–Crippen LogP) is 1.56. The molecule has 1 aromatic carbocycles. The van der Waals surface area contributed by atoms with Gasteiger partial charge in [-0.3, -0.25) is 9.59 Å². The minimum atomic E-state index is -0.747. The lowest BCUT2D eigenvalue weighted by molar-refractivity contribution is -0.143. The van der Waals surface area contributed by atoms with Crippen LogP contribution in [0.5, 0.6) is 5.75 Å². The van der Waals surface area contributed by atoms with Crippen molar-refractivity contribution in [2.45, 2.75) is 25.4 Å². The number of anilines is 1. The maximum atomic E-state index is 12.3. The third-order valence-electron chi connectivity index (χ3n) is 3.88. The van der Waals surface area contributed by atoms with E-state index in [2.05, 4.69) is 10.6 Å². The highest BCUT2D eigenvalue weighted by molar-refractivity contribution is 5.94. The molecule has 2 rings (SSSR count). The van der Waals surface area contributed by atoms with Gasteiger partial charge in [0.2, 0.25) is 0 Å². The fourth-order valence-corrected chi connectivity index (χ4v) is 2.61. The van der Waals surface area contributed by atoms with E-state index in [1.165, 1.54) is 0 Å². The van der Waals surface area contributed by atoms with Crippen molar-refractivity contribution in [3.63, 3.8) is 0 Å². The van der Waals surface area contributed by atoms with Gasteiger partial charge in [0.1, 0.15) is 5.75 Å². The topological polar surface area (TPSA) is 76.7 Å². The zero-order chi connectivity index (χ0) is 15.8. The molecule has 6 heteroatoms. The molecule has 1 aliphatic heterocycles. The van der Waals surface area contributed by atoms with Crippen molar-refractivity contribution in [2.75, 3.05) is 25.5 Å². The Morgan fingerprint density at radius 3 is 2.64 bits per heavy atom. The van der Waals surface area contributed by atoms with E-state index in [9.17, 15) is 9.59 Å². The molecule has 0 aromatic heterocycles. The summed E-state index contributed by atoms with van der Waals surface area (Å²) in [5.74, 6) is 0.817. The van der Waals surface area contributed by atoms with Gasteiger partial charge in [-0.25, -0.2) is 0 Å². The number of hydrogen-bond acceptors (Lipinski definition) is 5. The van der Waals surface area contributed by atoms with Crippen LogP contribution >= 0.6 is 0 Å². The summed E-state index contributed by atoms with van der Waals surface area (Å²) >= 11 is 0. The van der Waals surface area contributed by atoms with Gasteiger partial charge >= 0.3 is 0 Å². The summed E-state index contributed by atoms with van der Waals surface area (Å²) in [4.78, 5) is 23.0. The van der Waals surface area contributed by atoms with E-state index >= 15 is 0 Å². The first-order chi connectivity index (χ1) is 10.7. The molecule has 1 amide bonds. The van der Waals surface area contributed by atoms with Crippen molar-refractivity contribution in [1.29, 1.82) is 0 Å². The van der Waals surface area contributed by atoms with Gasteiger partial charge in [0.05, 0.1) is 7.11 Å². The lowest BCUT2D eigenvalue weighted by atomic mass is 9.91. The van der Waals surface area contributed by atoms with Crippen LogP contribution in [0, 0.1) is 5.92 Å². The SMILES string of the molecule is COc1ccc(NC(=O)C(CC2CCNCC2)OC=O)cc1. The van der Waals surface area contributed by atoms with Crippen LogP contribution in [0.25, 0.3) is 0 Å². The van der Waals surface area contributed by atoms with E-state index in [1.54, 1.807) is 31.4 Å². The minimum absolute atomic E-state index is 0.296. The smallest absolute Gasteiger partial charge is 0.293 e. The molecule has 0 aliphatic carbocycles. The highest BCUT2D eigenvalue weighted by Gasteiger charge is 2.25. The van der Waals surface area contributed by atoms with Gasteiger partial charge in [-0.05, 0) is 62.5 Å². The van der Waals surface area contributed by atoms with Crippen LogP contribution in [-0.2, 0) is 14.3 Å². The number of benzene rings is 1. The quantitative estimate of drug-likeness (QED) is 0.748. The number of hydrogen-bond donors (Lipinski definition) is 2. The third-order valence-corrected chi connectivity index (χ3v) is 3.88. The van der Waals surface area contributed by atoms with Gasteiger partial charge in [0.25, 0.3) is 12.4 Å². The van der Waals surface area contributed by atoms with Crippen molar-refractivity contribution in [3.05, 3.63) is 24.3 Å². The van der Waals surface area contributed by atoms with Gasteiger partial charge in [0, 0.05) is 5.69 Å². The van der Waals surface area contributed by atoms with E-state index < -0.39 is 6.10 Å². The first-order valence-electron chi connectivity index (χ1n) is 7.47. The molecule has 1 atom stereocenters. The average Bonchev–Trinajstić information content (AvgIpc) is 2.56. The van der Waals surface area contributed by atoms with Gasteiger partial charge in [0.15, 0.2) is 6.10 Å². The second-order valence-corrected chi connectivity index (χ2v) is 5.37. The Bertz CT molecular complexity index is 483. The highest BCUT2D eigenvalue weighted by atomic mass is 16.5. The van der Waals surface area contributed by atoms with Gasteiger partial charge in [-0.15, -0.1) is 0 Å². The van der Waals surface area contributed by atoms with E-state index in [-0.39, 0.29) is 5.91 Å². The minimum Gasteiger partial charge on any atom is -0.497 e. The molecule has 1 saturated heterocycles. The number of nitrogens with one attached hydrogen (secondary N) is 2. The summed E-state index contributed by atoms with van der Waals surface area (Å²) in [5, 5.41) is 6.05. The summed E-state index contributed by atoms with van der Waals surface area (Å²) < 4.78 is 10.1. The Morgan fingerprint density at radius 1 is 1.36 bits per heavy atom. The van der Waals surface area contributed by atoms with Crippen molar-refractivity contribution in [1.82, 2.24) is 5.32 Å². The maximum Gasteiger partial charge on any atom is 0.293 e. The number of amides is 1. The number of carbonyl (C=O) groups excluding carboxylic acids is 2. The molecule has 0 radical (unpaired) electrons. The average molecular weight is 306 g/mol. The Morgan fingerprint density at radius 2 is 2.05 bits per heavy atom. The summed E-state index contributed by atoms with van der Waals surface area (Å²) in [5.41, 5.74) is 0.649. The Labute approximate surface area is 130 Å². The number of piperidine rings is 1. The van der Waals surface area contributed by atoms with E-state index in [0.717, 1.165) is 25.9 Å². The molecule has 1 aliphatic rings. The molecule has 1 unspecified atom stereocenters. The standard InChI is InChI=1S/C16H22N2O4/c1-21-14-4-2-13(3-5-14)18-16(20)15(22-11-19)10-12-6-8-17-9-7-12/h2-5,11-12,15,17H,6-10H2,1H3,(H,18,20). The number of ether oxygens (including phenoxy) is 2. The van der Waals surface area contributed by atoms with Crippen LogP contribution in [-0.4, -0.2) is 38.7 Å². The number of carbonyl (C=O) groups is 2. The molecule has 2 N–H and O–H groups in total. The maximum absolute atomic E-state index is 12.3. The van der Waals surface area contributed by atoms with Crippen LogP contribution in [0.15, 0.2) is 24.3 Å². The Balaban J connectivity index is 1.93. The summed E-state index contributed by atoms with van der Waals surface area (Å²) in [6, 6.07) is 7.02. The second kappa shape index (κ2) is 8.38. The van der Waals surface area contributed by atoms with Gasteiger partial charge in [-0.2, -0.15) is 0 Å². The first-order valence-corrected chi connectivity index (χ1v) is 7.47. The molecule has 120 valence electrons. The van der Waals surface area contributed by atoms with Crippen LogP contribution < -0.4 is 15.4 Å². The van der Waals surface area contributed by atoms with Crippen LogP contribution in [0.4, 0.5) is 5.69 Å². The largest absolute Gasteiger partial charge is 0.497 e. The highest BCUT2D eigenvalue weighted by Crippen LogP contribution is 2.21. The van der Waals surface area contributed by atoms with Crippen molar-refractivity contribution >= 4 is 18.1 Å². The molecular weight excluding hydrogens is 284 g/mol. The van der Waals surface area contributed by atoms with E-state index in [4.69, 9.17) is 9.47 Å². The van der Waals surface area contributed by atoms with Crippen molar-refractivity contribution in [2.24, 2.45) is 5.92 Å². The molecule has 6 nitrogen and oxygen atoms in total. The fourth-order valence-electron chi connectivity index (χ4n) is 2.61. The molecule has 1 fully saturated rings. The fraction of sp³-hybridized carbons (Fsp3) is 0.500. The normalized spacial score (nSPS) is 16.6. The lowest BCUT2D eigenvalue weighted by Crippen LogP contribution is -2.35. The summed E-state index contributed by atoms with van der Waals surface area (Å²) in [6.07, 6.45) is 1.80.